The van der Waals surface area contributed by atoms with Gasteiger partial charge in [0.15, 0.2) is 0 Å². The Morgan fingerprint density at radius 2 is 1.89 bits per heavy atom. The zero-order valence-corrected chi connectivity index (χ0v) is 10.7. The Labute approximate surface area is 112 Å². The van der Waals surface area contributed by atoms with Crippen LogP contribution in [0.4, 0.5) is 13.2 Å². The molecular weight excluding hydrogens is 273 g/mol. The molecule has 0 amide bonds. The summed E-state index contributed by atoms with van der Waals surface area (Å²) in [5.41, 5.74) is 1.19. The van der Waals surface area contributed by atoms with Gasteiger partial charge in [0.25, 0.3) is 0 Å². The Morgan fingerprint density at radius 1 is 1.16 bits per heavy atom. The number of nitrogens with zero attached hydrogens (tertiary/aromatic N) is 1. The number of halogens is 3. The highest BCUT2D eigenvalue weighted by Gasteiger charge is 2.30. The van der Waals surface area contributed by atoms with E-state index in [-0.39, 0.29) is 0 Å². The molecule has 0 bridgehead atoms. The molecule has 2 nitrogen and oxygen atoms in total. The van der Waals surface area contributed by atoms with Crippen LogP contribution in [0.25, 0.3) is 10.6 Å². The van der Waals surface area contributed by atoms with Gasteiger partial charge in [-0.1, -0.05) is 12.1 Å². The first-order valence-electron chi connectivity index (χ1n) is 5.91. The van der Waals surface area contributed by atoms with Crippen LogP contribution in [-0.4, -0.2) is 11.5 Å². The number of aromatic nitrogens is 1. The summed E-state index contributed by atoms with van der Waals surface area (Å²) in [6.45, 7) is 1.71. The molecule has 0 aliphatic carbocycles. The van der Waals surface area contributed by atoms with Crippen LogP contribution in [-0.2, 0) is 19.1 Å². The van der Waals surface area contributed by atoms with E-state index >= 15 is 0 Å². The van der Waals surface area contributed by atoms with E-state index in [1.165, 1.54) is 17.0 Å². The zero-order valence-electron chi connectivity index (χ0n) is 9.92. The van der Waals surface area contributed by atoms with Crippen LogP contribution in [0.5, 0.6) is 0 Å². The van der Waals surface area contributed by atoms with E-state index in [2.05, 4.69) is 10.3 Å². The van der Waals surface area contributed by atoms with E-state index in [4.69, 9.17) is 0 Å². The first-order valence-corrected chi connectivity index (χ1v) is 6.72. The van der Waals surface area contributed by atoms with Gasteiger partial charge in [-0.15, -0.1) is 11.3 Å². The second kappa shape index (κ2) is 4.61. The van der Waals surface area contributed by atoms with Crippen LogP contribution in [0.3, 0.4) is 0 Å². The molecular formula is C13H11F3N2S. The second-order valence-corrected chi connectivity index (χ2v) is 5.47. The van der Waals surface area contributed by atoms with Gasteiger partial charge in [-0.05, 0) is 12.1 Å². The highest BCUT2D eigenvalue weighted by atomic mass is 32.1. The standard InChI is InChI=1S/C13H11F3N2S/c14-13(15,16)9-3-1-8(2-4-9)12-18-10-5-6-17-7-11(10)19-12/h1-4,17H,5-7H2. The summed E-state index contributed by atoms with van der Waals surface area (Å²) in [6, 6.07) is 5.18. The predicted octanol–water partition coefficient (Wildman–Crippen LogP) is 3.47. The lowest BCUT2D eigenvalue weighted by atomic mass is 10.1. The summed E-state index contributed by atoms with van der Waals surface area (Å²) in [5.74, 6) is 0. The number of fused-ring (bicyclic) bond motifs is 1. The highest BCUT2D eigenvalue weighted by molar-refractivity contribution is 7.15. The van der Waals surface area contributed by atoms with Crippen molar-refractivity contribution in [3.63, 3.8) is 0 Å². The van der Waals surface area contributed by atoms with Crippen molar-refractivity contribution in [3.05, 3.63) is 40.4 Å². The number of benzene rings is 1. The third-order valence-corrected chi connectivity index (χ3v) is 4.21. The van der Waals surface area contributed by atoms with Crippen LogP contribution in [0.15, 0.2) is 24.3 Å². The van der Waals surface area contributed by atoms with Crippen LogP contribution in [0.1, 0.15) is 16.1 Å². The van der Waals surface area contributed by atoms with Gasteiger partial charge in [-0.3, -0.25) is 0 Å². The third kappa shape index (κ3) is 2.50. The summed E-state index contributed by atoms with van der Waals surface area (Å²) in [4.78, 5) is 5.69. The zero-order chi connectivity index (χ0) is 13.5. The Kier molecular flexibility index (Phi) is 3.06. The molecule has 1 aliphatic rings. The van der Waals surface area contributed by atoms with Crippen LogP contribution in [0.2, 0.25) is 0 Å². The van der Waals surface area contributed by atoms with E-state index < -0.39 is 11.7 Å². The summed E-state index contributed by atoms with van der Waals surface area (Å²) in [7, 11) is 0. The molecule has 0 fully saturated rings. The monoisotopic (exact) mass is 284 g/mol. The minimum absolute atomic E-state index is 0.626. The Morgan fingerprint density at radius 3 is 2.53 bits per heavy atom. The third-order valence-electron chi connectivity index (χ3n) is 3.06. The number of thiazole rings is 1. The Balaban J connectivity index is 1.92. The Bertz CT molecular complexity index is 563. The van der Waals surface area contributed by atoms with Crippen LogP contribution in [0, 0.1) is 0 Å². The molecule has 0 unspecified atom stereocenters. The van der Waals surface area contributed by atoms with Crippen molar-refractivity contribution < 1.29 is 13.2 Å². The summed E-state index contributed by atoms with van der Waals surface area (Å²) in [5, 5.41) is 4.05. The molecule has 1 aromatic heterocycles. The van der Waals surface area contributed by atoms with E-state index in [9.17, 15) is 13.2 Å². The van der Waals surface area contributed by atoms with Crippen molar-refractivity contribution in [2.75, 3.05) is 6.54 Å². The van der Waals surface area contributed by atoms with Crippen LogP contribution >= 0.6 is 11.3 Å². The van der Waals surface area contributed by atoms with Crippen molar-refractivity contribution in [2.45, 2.75) is 19.1 Å². The van der Waals surface area contributed by atoms with Gasteiger partial charge >= 0.3 is 6.18 Å². The van der Waals surface area contributed by atoms with Crippen molar-refractivity contribution >= 4 is 11.3 Å². The maximum Gasteiger partial charge on any atom is 0.416 e. The average Bonchev–Trinajstić information content (AvgIpc) is 2.81. The molecule has 19 heavy (non-hydrogen) atoms. The minimum atomic E-state index is -4.29. The molecule has 0 saturated heterocycles. The van der Waals surface area contributed by atoms with Gasteiger partial charge in [-0.2, -0.15) is 13.2 Å². The highest BCUT2D eigenvalue weighted by Crippen LogP contribution is 2.33. The van der Waals surface area contributed by atoms with Gasteiger partial charge in [0, 0.05) is 30.0 Å². The molecule has 2 aromatic rings. The molecule has 0 spiro atoms. The normalized spacial score (nSPS) is 15.3. The molecule has 1 N–H and O–H groups in total. The molecule has 3 rings (SSSR count). The summed E-state index contributed by atoms with van der Waals surface area (Å²) < 4.78 is 37.5. The van der Waals surface area contributed by atoms with E-state index in [0.717, 1.165) is 47.9 Å². The fourth-order valence-electron chi connectivity index (χ4n) is 2.05. The lowest BCUT2D eigenvalue weighted by Gasteiger charge is -2.09. The molecule has 1 aliphatic heterocycles. The topological polar surface area (TPSA) is 24.9 Å². The van der Waals surface area contributed by atoms with Gasteiger partial charge < -0.3 is 5.32 Å². The number of hydrogen-bond acceptors (Lipinski definition) is 3. The number of nitrogens with one attached hydrogen (secondary N) is 1. The van der Waals surface area contributed by atoms with Gasteiger partial charge in [-0.25, -0.2) is 4.98 Å². The minimum Gasteiger partial charge on any atom is -0.311 e. The fraction of sp³-hybridized carbons (Fsp3) is 0.308. The molecule has 6 heteroatoms. The lowest BCUT2D eigenvalue weighted by molar-refractivity contribution is -0.137. The van der Waals surface area contributed by atoms with Gasteiger partial charge in [0.1, 0.15) is 5.01 Å². The van der Waals surface area contributed by atoms with Crippen molar-refractivity contribution in [1.29, 1.82) is 0 Å². The largest absolute Gasteiger partial charge is 0.416 e. The SMILES string of the molecule is FC(F)(F)c1ccc(-c2nc3c(s2)CNCC3)cc1. The van der Waals surface area contributed by atoms with Crippen molar-refractivity contribution in [3.8, 4) is 10.6 Å². The van der Waals surface area contributed by atoms with Crippen molar-refractivity contribution in [2.24, 2.45) is 0 Å². The molecule has 2 heterocycles. The summed E-state index contributed by atoms with van der Waals surface area (Å²) in [6.07, 6.45) is -3.41. The second-order valence-electron chi connectivity index (χ2n) is 4.39. The molecule has 100 valence electrons. The van der Waals surface area contributed by atoms with E-state index in [1.54, 1.807) is 11.3 Å². The molecule has 0 saturated carbocycles. The lowest BCUT2D eigenvalue weighted by Crippen LogP contribution is -2.22. The number of rotatable bonds is 1. The van der Waals surface area contributed by atoms with Gasteiger partial charge in [0.05, 0.1) is 11.3 Å². The Hall–Kier alpha value is -1.40. The number of hydrogen-bond donors (Lipinski definition) is 1. The van der Waals surface area contributed by atoms with Crippen molar-refractivity contribution in [1.82, 2.24) is 10.3 Å². The fourth-order valence-corrected chi connectivity index (χ4v) is 3.13. The summed E-state index contributed by atoms with van der Waals surface area (Å²) >= 11 is 1.55. The first kappa shape index (κ1) is 12.6. The maximum atomic E-state index is 12.5. The molecule has 0 radical (unpaired) electrons. The average molecular weight is 284 g/mol. The van der Waals surface area contributed by atoms with Crippen LogP contribution < -0.4 is 5.32 Å². The molecule has 0 atom stereocenters. The number of alkyl halides is 3. The maximum absolute atomic E-state index is 12.5. The van der Waals surface area contributed by atoms with E-state index in [0.29, 0.717) is 0 Å². The molecule has 1 aromatic carbocycles. The smallest absolute Gasteiger partial charge is 0.311 e. The predicted molar refractivity (Wildman–Crippen MR) is 68.0 cm³/mol. The van der Waals surface area contributed by atoms with Gasteiger partial charge in [0.2, 0.25) is 0 Å². The first-order chi connectivity index (χ1) is 9.04. The quantitative estimate of drug-likeness (QED) is 0.867. The van der Waals surface area contributed by atoms with E-state index in [1.807, 2.05) is 0 Å².